The third-order valence-corrected chi connectivity index (χ3v) is 5.39. The van der Waals surface area contributed by atoms with Gasteiger partial charge < -0.3 is 38.3 Å². The Morgan fingerprint density at radius 2 is 1.50 bits per heavy atom. The number of carbonyl (C=O) groups excluding carboxylic acids is 4. The summed E-state index contributed by atoms with van der Waals surface area (Å²) in [5, 5.41) is 16.4. The first-order valence-electron chi connectivity index (χ1n) is 10.0. The fourth-order valence-corrected chi connectivity index (χ4v) is 3.30. The van der Waals surface area contributed by atoms with E-state index in [-0.39, 0.29) is 12.2 Å². The van der Waals surface area contributed by atoms with Gasteiger partial charge in [0.25, 0.3) is 0 Å². The molecule has 0 aliphatic carbocycles. The fraction of sp³-hybridized carbons (Fsp3) is 0.722. The van der Waals surface area contributed by atoms with Crippen LogP contribution >= 0.6 is 24.4 Å². The Morgan fingerprint density at radius 1 is 0.938 bits per heavy atom. The fourth-order valence-electron chi connectivity index (χ4n) is 2.55. The lowest BCUT2D eigenvalue weighted by atomic mass is 10.1. The van der Waals surface area contributed by atoms with Gasteiger partial charge in [-0.05, 0) is 44.2 Å². The van der Waals surface area contributed by atoms with Crippen LogP contribution in [-0.2, 0) is 24.0 Å². The molecule has 10 N–H and O–H groups in total. The van der Waals surface area contributed by atoms with Crippen LogP contribution in [0.15, 0.2) is 0 Å². The molecule has 0 saturated carbocycles. The van der Waals surface area contributed by atoms with Gasteiger partial charge >= 0.3 is 5.97 Å². The van der Waals surface area contributed by atoms with Crippen molar-refractivity contribution in [3.05, 3.63) is 0 Å². The van der Waals surface area contributed by atoms with Crippen molar-refractivity contribution >= 4 is 54.0 Å². The summed E-state index contributed by atoms with van der Waals surface area (Å²) in [4.78, 5) is 60.1. The third-order valence-electron chi connectivity index (χ3n) is 4.39. The molecule has 0 aromatic heterocycles. The van der Waals surface area contributed by atoms with Gasteiger partial charge in [-0.25, -0.2) is 4.79 Å². The van der Waals surface area contributed by atoms with E-state index in [0.717, 1.165) is 0 Å². The van der Waals surface area contributed by atoms with Gasteiger partial charge in [0.05, 0.1) is 12.5 Å². The summed E-state index contributed by atoms with van der Waals surface area (Å²) in [5.41, 5.74) is 16.3. The number of unbranched alkanes of at least 4 members (excludes halogenated alkanes) is 1. The van der Waals surface area contributed by atoms with Crippen LogP contribution in [0, 0.1) is 0 Å². The van der Waals surface area contributed by atoms with Crippen LogP contribution < -0.4 is 33.2 Å². The van der Waals surface area contributed by atoms with E-state index in [2.05, 4.69) is 28.6 Å². The minimum absolute atomic E-state index is 0.156. The number of thiol groups is 1. The highest BCUT2D eigenvalue weighted by Gasteiger charge is 2.30. The van der Waals surface area contributed by atoms with Crippen LogP contribution in [0.25, 0.3) is 0 Å². The van der Waals surface area contributed by atoms with Gasteiger partial charge in [0.15, 0.2) is 0 Å². The average molecular weight is 495 g/mol. The zero-order chi connectivity index (χ0) is 24.7. The monoisotopic (exact) mass is 494 g/mol. The number of aliphatic carboxylic acids is 1. The highest BCUT2D eigenvalue weighted by atomic mass is 32.2. The number of carbonyl (C=O) groups is 5. The van der Waals surface area contributed by atoms with E-state index in [0.29, 0.717) is 31.6 Å². The first-order valence-corrected chi connectivity index (χ1v) is 12.1. The summed E-state index contributed by atoms with van der Waals surface area (Å²) in [6.07, 6.45) is 2.96. The van der Waals surface area contributed by atoms with Crippen LogP contribution in [0.5, 0.6) is 0 Å². The van der Waals surface area contributed by atoms with Crippen molar-refractivity contribution in [2.24, 2.45) is 17.2 Å². The predicted molar refractivity (Wildman–Crippen MR) is 125 cm³/mol. The lowest BCUT2D eigenvalue weighted by Crippen LogP contribution is -2.58. The topological polar surface area (TPSA) is 220 Å². The summed E-state index contributed by atoms with van der Waals surface area (Å²) in [6, 6.07) is -4.61. The molecule has 0 rings (SSSR count). The summed E-state index contributed by atoms with van der Waals surface area (Å²) in [7, 11) is 0. The van der Waals surface area contributed by atoms with Gasteiger partial charge in [-0.2, -0.15) is 24.4 Å². The van der Waals surface area contributed by atoms with E-state index in [1.807, 2.05) is 6.26 Å². The first kappa shape index (κ1) is 30.0. The SMILES string of the molecule is CSCC[C@H](N)C(=O)N[C@@H](CC(N)=O)C(=O)N[C@@H](CS)C(=O)N[C@@H](CCCCN)C(=O)O. The molecule has 4 atom stereocenters. The minimum atomic E-state index is -1.35. The van der Waals surface area contributed by atoms with Gasteiger partial charge in [0.1, 0.15) is 18.1 Å². The normalized spacial score (nSPS) is 14.5. The molecular weight excluding hydrogens is 460 g/mol. The maximum atomic E-state index is 12.6. The lowest BCUT2D eigenvalue weighted by Gasteiger charge is -2.24. The van der Waals surface area contributed by atoms with E-state index in [1.54, 1.807) is 0 Å². The first-order chi connectivity index (χ1) is 15.1. The molecule has 0 radical (unpaired) electrons. The van der Waals surface area contributed by atoms with Crippen LogP contribution in [0.1, 0.15) is 32.1 Å². The Bertz CT molecular complexity index is 653. The predicted octanol–water partition coefficient (Wildman–Crippen LogP) is -2.46. The molecule has 4 amide bonds. The van der Waals surface area contributed by atoms with Crippen molar-refractivity contribution < 1.29 is 29.1 Å². The van der Waals surface area contributed by atoms with Gasteiger partial charge in [-0.1, -0.05) is 0 Å². The molecule has 0 saturated heterocycles. The molecule has 0 spiro atoms. The Labute approximate surface area is 196 Å². The number of carboxylic acid groups (broad SMARTS) is 1. The van der Waals surface area contributed by atoms with Crippen molar-refractivity contribution in [1.82, 2.24) is 16.0 Å². The molecule has 0 unspecified atom stereocenters. The minimum Gasteiger partial charge on any atom is -0.480 e. The van der Waals surface area contributed by atoms with Gasteiger partial charge in [0.2, 0.25) is 23.6 Å². The van der Waals surface area contributed by atoms with Crippen LogP contribution in [0.2, 0.25) is 0 Å². The van der Waals surface area contributed by atoms with Crippen LogP contribution in [0.3, 0.4) is 0 Å². The maximum absolute atomic E-state index is 12.6. The molecule has 32 heavy (non-hydrogen) atoms. The van der Waals surface area contributed by atoms with Crippen LogP contribution in [0.4, 0.5) is 0 Å². The van der Waals surface area contributed by atoms with Crippen molar-refractivity contribution in [3.8, 4) is 0 Å². The van der Waals surface area contributed by atoms with Gasteiger partial charge in [-0.15, -0.1) is 0 Å². The largest absolute Gasteiger partial charge is 0.480 e. The standard InChI is InChI=1S/C18H34N6O6S2/c1-32-7-5-10(20)15(26)23-12(8-14(21)25)16(27)24-13(9-31)17(28)22-11(18(29)30)4-2-3-6-19/h10-13,31H,2-9,19-20H2,1H3,(H2,21,25)(H,22,28)(H,23,26)(H,24,27)(H,29,30)/t10-,11-,12-,13-/m0/s1. The average Bonchev–Trinajstić information content (AvgIpc) is 2.73. The number of hydrogen-bond acceptors (Lipinski definition) is 9. The summed E-state index contributed by atoms with van der Waals surface area (Å²) >= 11 is 5.52. The second-order valence-corrected chi connectivity index (χ2v) is 8.40. The zero-order valence-corrected chi connectivity index (χ0v) is 19.8. The number of primary amides is 1. The molecule has 0 aromatic carbocycles. The molecular formula is C18H34N6O6S2. The highest BCUT2D eigenvalue weighted by Crippen LogP contribution is 2.04. The summed E-state index contributed by atoms with van der Waals surface area (Å²) < 4.78 is 0. The van der Waals surface area contributed by atoms with Gasteiger partial charge in [-0.3, -0.25) is 19.2 Å². The number of thioether (sulfide) groups is 1. The highest BCUT2D eigenvalue weighted by molar-refractivity contribution is 7.98. The Kier molecular flexibility index (Phi) is 15.5. The quantitative estimate of drug-likeness (QED) is 0.0792. The van der Waals surface area contributed by atoms with Crippen molar-refractivity contribution in [1.29, 1.82) is 0 Å². The van der Waals surface area contributed by atoms with Crippen molar-refractivity contribution in [2.45, 2.75) is 56.3 Å². The van der Waals surface area contributed by atoms with E-state index < -0.39 is 60.2 Å². The molecule has 0 aromatic rings. The Hall–Kier alpha value is -2.03. The molecule has 184 valence electrons. The zero-order valence-electron chi connectivity index (χ0n) is 18.0. The summed E-state index contributed by atoms with van der Waals surface area (Å²) in [6.45, 7) is 0.392. The third kappa shape index (κ3) is 12.1. The van der Waals surface area contributed by atoms with E-state index in [9.17, 15) is 29.1 Å². The number of rotatable bonds is 17. The van der Waals surface area contributed by atoms with Crippen molar-refractivity contribution in [3.63, 3.8) is 0 Å². The number of nitrogens with two attached hydrogens (primary N) is 3. The Balaban J connectivity index is 5.15. The maximum Gasteiger partial charge on any atom is 0.326 e. The second-order valence-electron chi connectivity index (χ2n) is 7.05. The van der Waals surface area contributed by atoms with Crippen LogP contribution in [-0.4, -0.2) is 83.2 Å². The number of carboxylic acids is 1. The summed E-state index contributed by atoms with van der Waals surface area (Å²) in [5.74, 6) is -3.86. The lowest BCUT2D eigenvalue weighted by molar-refractivity contribution is -0.142. The molecule has 0 fully saturated rings. The molecule has 0 heterocycles. The molecule has 14 heteroatoms. The number of nitrogens with one attached hydrogen (secondary N) is 3. The molecule has 12 nitrogen and oxygen atoms in total. The molecule has 0 bridgehead atoms. The van der Waals surface area contributed by atoms with Gasteiger partial charge in [0, 0.05) is 5.75 Å². The Morgan fingerprint density at radius 3 is 2.00 bits per heavy atom. The molecule has 0 aliphatic heterocycles. The van der Waals surface area contributed by atoms with Crippen molar-refractivity contribution in [2.75, 3.05) is 24.3 Å². The smallest absolute Gasteiger partial charge is 0.326 e. The number of amides is 4. The van der Waals surface area contributed by atoms with E-state index >= 15 is 0 Å². The molecule has 0 aliphatic rings. The second kappa shape index (κ2) is 16.6. The number of hydrogen-bond donors (Lipinski definition) is 8. The van der Waals surface area contributed by atoms with E-state index in [1.165, 1.54) is 11.8 Å². The van der Waals surface area contributed by atoms with E-state index in [4.69, 9.17) is 17.2 Å².